The third-order valence-electron chi connectivity index (χ3n) is 1.65. The van der Waals surface area contributed by atoms with Crippen molar-refractivity contribution in [3.8, 4) is 0 Å². The molecule has 82 valence electrons. The fourth-order valence-electron chi connectivity index (χ4n) is 1.03. The Kier molecular flexibility index (Phi) is 3.57. The molecule has 0 radical (unpaired) electrons. The zero-order chi connectivity index (χ0) is 11.6. The van der Waals surface area contributed by atoms with Gasteiger partial charge in [0.2, 0.25) is 0 Å². The fraction of sp³-hybridized carbons (Fsp3) is 0.250. The Bertz CT molecular complexity index is 398. The van der Waals surface area contributed by atoms with E-state index in [0.29, 0.717) is 0 Å². The number of rotatable bonds is 2. The van der Waals surface area contributed by atoms with E-state index in [0.717, 1.165) is 13.2 Å². The second-order valence-corrected chi connectivity index (χ2v) is 3.35. The molecule has 1 aromatic rings. The Balaban J connectivity index is 3.40. The standard InChI is InChI=1S/C8H7BrF2N2O2/c1-15-8(14)5-3(7(10)11)2-4(12)13-6(5)9/h2,7H,1H3,(H2,12,13). The van der Waals surface area contributed by atoms with Crippen LogP contribution < -0.4 is 5.73 Å². The number of nitrogens with zero attached hydrogens (tertiary/aromatic N) is 1. The van der Waals surface area contributed by atoms with Gasteiger partial charge in [-0.05, 0) is 22.0 Å². The van der Waals surface area contributed by atoms with E-state index in [9.17, 15) is 13.6 Å². The van der Waals surface area contributed by atoms with Crippen molar-refractivity contribution in [2.24, 2.45) is 0 Å². The number of methoxy groups -OCH3 is 1. The lowest BCUT2D eigenvalue weighted by Gasteiger charge is -2.09. The van der Waals surface area contributed by atoms with Gasteiger partial charge < -0.3 is 10.5 Å². The minimum Gasteiger partial charge on any atom is -0.465 e. The van der Waals surface area contributed by atoms with Crippen molar-refractivity contribution in [1.82, 2.24) is 4.98 Å². The molecule has 4 nitrogen and oxygen atoms in total. The Hall–Kier alpha value is -1.24. The molecule has 0 aliphatic rings. The molecule has 15 heavy (non-hydrogen) atoms. The first-order valence-corrected chi connectivity index (χ1v) is 4.59. The average molecular weight is 281 g/mol. The van der Waals surface area contributed by atoms with Crippen molar-refractivity contribution in [2.45, 2.75) is 6.43 Å². The molecule has 1 heterocycles. The van der Waals surface area contributed by atoms with Gasteiger partial charge in [-0.15, -0.1) is 0 Å². The van der Waals surface area contributed by atoms with Crippen molar-refractivity contribution in [3.05, 3.63) is 21.8 Å². The highest BCUT2D eigenvalue weighted by Crippen LogP contribution is 2.29. The van der Waals surface area contributed by atoms with Gasteiger partial charge in [-0.2, -0.15) is 0 Å². The number of pyridine rings is 1. The van der Waals surface area contributed by atoms with Crippen LogP contribution in [0.5, 0.6) is 0 Å². The zero-order valence-electron chi connectivity index (χ0n) is 7.63. The van der Waals surface area contributed by atoms with Crippen LogP contribution in [0.25, 0.3) is 0 Å². The van der Waals surface area contributed by atoms with Crippen LogP contribution in [0.2, 0.25) is 0 Å². The quantitative estimate of drug-likeness (QED) is 0.666. The lowest BCUT2D eigenvalue weighted by atomic mass is 10.1. The molecule has 0 unspecified atom stereocenters. The van der Waals surface area contributed by atoms with Crippen LogP contribution in [0.15, 0.2) is 10.7 Å². The van der Waals surface area contributed by atoms with Gasteiger partial charge in [0.25, 0.3) is 6.43 Å². The molecule has 0 aliphatic carbocycles. The minimum atomic E-state index is -2.82. The normalized spacial score (nSPS) is 10.5. The zero-order valence-corrected chi connectivity index (χ0v) is 9.22. The fourth-order valence-corrected chi connectivity index (χ4v) is 1.62. The molecule has 1 aromatic heterocycles. The lowest BCUT2D eigenvalue weighted by molar-refractivity contribution is 0.0587. The Morgan fingerprint density at radius 3 is 2.73 bits per heavy atom. The summed E-state index contributed by atoms with van der Waals surface area (Å²) in [5, 5.41) is 0. The van der Waals surface area contributed by atoms with E-state index in [1.54, 1.807) is 0 Å². The maximum absolute atomic E-state index is 12.6. The number of aromatic nitrogens is 1. The molecule has 0 aliphatic heterocycles. The molecular formula is C8H7BrF2N2O2. The molecule has 7 heteroatoms. The van der Waals surface area contributed by atoms with Crippen molar-refractivity contribution in [3.63, 3.8) is 0 Å². The van der Waals surface area contributed by atoms with E-state index in [1.807, 2.05) is 0 Å². The second kappa shape index (κ2) is 4.52. The third-order valence-corrected chi connectivity index (χ3v) is 2.22. The van der Waals surface area contributed by atoms with E-state index in [2.05, 4.69) is 25.7 Å². The third kappa shape index (κ3) is 2.41. The van der Waals surface area contributed by atoms with E-state index in [4.69, 9.17) is 5.73 Å². The van der Waals surface area contributed by atoms with Crippen molar-refractivity contribution in [2.75, 3.05) is 12.8 Å². The van der Waals surface area contributed by atoms with Crippen molar-refractivity contribution < 1.29 is 18.3 Å². The number of alkyl halides is 2. The smallest absolute Gasteiger partial charge is 0.341 e. The van der Waals surface area contributed by atoms with Gasteiger partial charge >= 0.3 is 5.97 Å². The highest BCUT2D eigenvalue weighted by Gasteiger charge is 2.23. The number of hydrogen-bond donors (Lipinski definition) is 1. The first-order chi connectivity index (χ1) is 6.97. The number of ether oxygens (including phenoxy) is 1. The molecule has 2 N–H and O–H groups in total. The average Bonchev–Trinajstić information content (AvgIpc) is 2.15. The predicted octanol–water partition coefficient (Wildman–Crippen LogP) is 2.15. The second-order valence-electron chi connectivity index (χ2n) is 2.59. The minimum absolute atomic E-state index is 0.0512. The molecule has 0 amide bonds. The summed E-state index contributed by atoms with van der Waals surface area (Å²) >= 11 is 2.88. The number of nitrogen functional groups attached to an aromatic ring is 1. The maximum atomic E-state index is 12.6. The van der Waals surface area contributed by atoms with Crippen LogP contribution in [0, 0.1) is 0 Å². The highest BCUT2D eigenvalue weighted by molar-refractivity contribution is 9.10. The van der Waals surface area contributed by atoms with Gasteiger partial charge in [0.1, 0.15) is 16.0 Å². The van der Waals surface area contributed by atoms with Crippen LogP contribution in [-0.4, -0.2) is 18.1 Å². The van der Waals surface area contributed by atoms with Crippen molar-refractivity contribution >= 4 is 27.7 Å². The van der Waals surface area contributed by atoms with Gasteiger partial charge in [-0.3, -0.25) is 0 Å². The van der Waals surface area contributed by atoms with Gasteiger partial charge in [0, 0.05) is 5.56 Å². The summed E-state index contributed by atoms with van der Waals surface area (Å²) in [5.74, 6) is -0.977. The summed E-state index contributed by atoms with van der Waals surface area (Å²) in [6, 6.07) is 0.946. The molecule has 0 saturated heterocycles. The Labute approximate surface area is 92.6 Å². The maximum Gasteiger partial charge on any atom is 0.341 e. The molecule has 0 atom stereocenters. The summed E-state index contributed by atoms with van der Waals surface area (Å²) in [4.78, 5) is 14.9. The van der Waals surface area contributed by atoms with Crippen LogP contribution in [-0.2, 0) is 4.74 Å². The number of esters is 1. The summed E-state index contributed by atoms with van der Waals surface area (Å²) in [6.45, 7) is 0. The molecule has 0 aromatic carbocycles. The van der Waals surface area contributed by atoms with Crippen LogP contribution in [0.1, 0.15) is 22.3 Å². The Morgan fingerprint density at radius 1 is 1.67 bits per heavy atom. The molecule has 1 rings (SSSR count). The van der Waals surface area contributed by atoms with Gasteiger partial charge in [0.05, 0.1) is 7.11 Å². The van der Waals surface area contributed by atoms with E-state index >= 15 is 0 Å². The van der Waals surface area contributed by atoms with E-state index in [-0.39, 0.29) is 16.0 Å². The largest absolute Gasteiger partial charge is 0.465 e. The van der Waals surface area contributed by atoms with E-state index < -0.39 is 18.0 Å². The highest BCUT2D eigenvalue weighted by atomic mass is 79.9. The SMILES string of the molecule is COC(=O)c1c(C(F)F)cc(N)nc1Br. The first-order valence-electron chi connectivity index (χ1n) is 3.79. The van der Waals surface area contributed by atoms with E-state index in [1.165, 1.54) is 0 Å². The molecular weight excluding hydrogens is 274 g/mol. The summed E-state index contributed by atoms with van der Waals surface area (Å²) in [7, 11) is 1.10. The van der Waals surface area contributed by atoms with Crippen LogP contribution in [0.4, 0.5) is 14.6 Å². The monoisotopic (exact) mass is 280 g/mol. The first kappa shape index (κ1) is 11.8. The number of carbonyl (C=O) groups excluding carboxylic acids is 1. The Morgan fingerprint density at radius 2 is 2.27 bits per heavy atom. The van der Waals surface area contributed by atoms with Gasteiger partial charge in [-0.25, -0.2) is 18.6 Å². The molecule has 0 spiro atoms. The summed E-state index contributed by atoms with van der Waals surface area (Å²) in [6.07, 6.45) is -2.82. The number of anilines is 1. The molecule has 0 saturated carbocycles. The van der Waals surface area contributed by atoms with Gasteiger partial charge in [0.15, 0.2) is 0 Å². The predicted molar refractivity (Wildman–Crippen MR) is 52.6 cm³/mol. The van der Waals surface area contributed by atoms with Gasteiger partial charge in [-0.1, -0.05) is 0 Å². The lowest BCUT2D eigenvalue weighted by Crippen LogP contribution is -2.10. The summed E-state index contributed by atoms with van der Waals surface area (Å²) in [5.41, 5.74) is 4.48. The van der Waals surface area contributed by atoms with Crippen molar-refractivity contribution in [1.29, 1.82) is 0 Å². The number of halogens is 3. The number of hydrogen-bond acceptors (Lipinski definition) is 4. The summed E-state index contributed by atoms with van der Waals surface area (Å²) < 4.78 is 29.5. The van der Waals surface area contributed by atoms with Crippen LogP contribution >= 0.6 is 15.9 Å². The topological polar surface area (TPSA) is 65.2 Å². The molecule has 0 fully saturated rings. The van der Waals surface area contributed by atoms with Crippen LogP contribution in [0.3, 0.4) is 0 Å². The number of carbonyl (C=O) groups is 1. The number of nitrogens with two attached hydrogens (primary N) is 1. The molecule has 0 bridgehead atoms.